The van der Waals surface area contributed by atoms with Gasteiger partial charge in [0.1, 0.15) is 0 Å². The van der Waals surface area contributed by atoms with Gasteiger partial charge in [0, 0.05) is 68.7 Å². The molecule has 0 saturated carbocycles. The average molecular weight is 409 g/mol. The second-order valence-corrected chi connectivity index (χ2v) is 9.10. The number of aromatic amines is 1. The van der Waals surface area contributed by atoms with Gasteiger partial charge in [-0.05, 0) is 48.2 Å². The maximum atomic E-state index is 12.0. The standard InChI is InChI=1S/C23H28N4OS/c1-3-8-26-13-15(14-27-9-7-21(28)25(2)23(27)29)10-18-17-5-4-6-19-22(17)16(12-24-19)11-20(18)26/h3-6,12,15,18,20,24H,1,7-11,13-14H2,2H3/t15?,18-,20-/m1/s1. The van der Waals surface area contributed by atoms with Crippen molar-refractivity contribution < 1.29 is 4.79 Å². The molecule has 1 amide bonds. The van der Waals surface area contributed by atoms with Crippen LogP contribution in [-0.2, 0) is 11.2 Å². The van der Waals surface area contributed by atoms with Crippen LogP contribution in [0.15, 0.2) is 37.1 Å². The van der Waals surface area contributed by atoms with Crippen molar-refractivity contribution in [1.82, 2.24) is 19.7 Å². The summed E-state index contributed by atoms with van der Waals surface area (Å²) >= 11 is 5.58. The SMILES string of the molecule is C=CCN1CC(CN2CCC(=O)N(C)C2=S)C[C@@H]2c3cccc4[nH]cc(c34)C[C@H]21. The number of amides is 1. The van der Waals surface area contributed by atoms with Crippen LogP contribution in [0.2, 0.25) is 0 Å². The normalized spacial score (nSPS) is 27.4. The largest absolute Gasteiger partial charge is 0.361 e. The lowest BCUT2D eigenvalue weighted by Crippen LogP contribution is -2.55. The third kappa shape index (κ3) is 3.09. The molecule has 2 aliphatic heterocycles. The van der Waals surface area contributed by atoms with Crippen LogP contribution in [0.4, 0.5) is 0 Å². The molecule has 1 aromatic carbocycles. The van der Waals surface area contributed by atoms with Gasteiger partial charge in [-0.2, -0.15) is 0 Å². The lowest BCUT2D eigenvalue weighted by atomic mass is 9.72. The van der Waals surface area contributed by atoms with Gasteiger partial charge in [0.05, 0.1) is 0 Å². The average Bonchev–Trinajstić information content (AvgIpc) is 3.14. The Kier molecular flexibility index (Phi) is 4.71. The van der Waals surface area contributed by atoms with E-state index in [1.165, 1.54) is 28.5 Å². The van der Waals surface area contributed by atoms with Crippen LogP contribution >= 0.6 is 12.2 Å². The number of hydrogen-bond acceptors (Lipinski definition) is 3. The molecule has 29 heavy (non-hydrogen) atoms. The number of carbonyl (C=O) groups excluding carboxylic acids is 1. The Bertz CT molecular complexity index is 982. The number of benzene rings is 1. The summed E-state index contributed by atoms with van der Waals surface area (Å²) in [6.07, 6.45) is 7.05. The number of hydrogen-bond donors (Lipinski definition) is 1. The minimum Gasteiger partial charge on any atom is -0.361 e. The van der Waals surface area contributed by atoms with E-state index in [9.17, 15) is 4.79 Å². The van der Waals surface area contributed by atoms with Gasteiger partial charge in [0.2, 0.25) is 5.91 Å². The number of H-pyrrole nitrogens is 1. The number of nitrogens with zero attached hydrogens (tertiary/aromatic N) is 3. The highest BCUT2D eigenvalue weighted by atomic mass is 32.1. The molecule has 1 unspecified atom stereocenters. The first-order valence-electron chi connectivity index (χ1n) is 10.6. The van der Waals surface area contributed by atoms with E-state index in [0.717, 1.165) is 32.6 Å². The molecule has 1 aliphatic carbocycles. The van der Waals surface area contributed by atoms with Crippen LogP contribution in [0.5, 0.6) is 0 Å². The van der Waals surface area contributed by atoms with Gasteiger partial charge in [-0.25, -0.2) is 0 Å². The van der Waals surface area contributed by atoms with E-state index >= 15 is 0 Å². The Hall–Kier alpha value is -2.18. The number of piperidine rings is 1. The minimum atomic E-state index is 0.127. The maximum Gasteiger partial charge on any atom is 0.230 e. The summed E-state index contributed by atoms with van der Waals surface area (Å²) in [5.74, 6) is 1.17. The third-order valence-corrected chi connectivity index (χ3v) is 7.56. The summed E-state index contributed by atoms with van der Waals surface area (Å²) < 4.78 is 0. The van der Waals surface area contributed by atoms with Gasteiger partial charge in [0.25, 0.3) is 0 Å². The third-order valence-electron chi connectivity index (χ3n) is 7.03. The first-order chi connectivity index (χ1) is 14.1. The Morgan fingerprint density at radius 2 is 2.24 bits per heavy atom. The van der Waals surface area contributed by atoms with Crippen molar-refractivity contribution in [1.29, 1.82) is 0 Å². The summed E-state index contributed by atoms with van der Waals surface area (Å²) in [6, 6.07) is 7.21. The van der Waals surface area contributed by atoms with Crippen LogP contribution in [0.25, 0.3) is 10.9 Å². The van der Waals surface area contributed by atoms with E-state index in [1.807, 2.05) is 6.08 Å². The molecule has 5 nitrogen and oxygen atoms in total. The van der Waals surface area contributed by atoms with Crippen molar-refractivity contribution in [3.8, 4) is 0 Å². The lowest BCUT2D eigenvalue weighted by Gasteiger charge is -2.48. The van der Waals surface area contributed by atoms with Crippen molar-refractivity contribution in [2.24, 2.45) is 5.92 Å². The molecule has 0 radical (unpaired) electrons. The molecular formula is C23H28N4OS. The number of nitrogens with one attached hydrogen (secondary N) is 1. The second kappa shape index (κ2) is 7.26. The fourth-order valence-corrected chi connectivity index (χ4v) is 5.97. The zero-order valence-electron chi connectivity index (χ0n) is 16.9. The van der Waals surface area contributed by atoms with Crippen molar-refractivity contribution in [2.45, 2.75) is 31.2 Å². The van der Waals surface area contributed by atoms with Gasteiger partial charge >= 0.3 is 0 Å². The zero-order chi connectivity index (χ0) is 20.1. The molecule has 152 valence electrons. The highest BCUT2D eigenvalue weighted by Crippen LogP contribution is 2.44. The summed E-state index contributed by atoms with van der Waals surface area (Å²) in [5, 5.41) is 2.11. The second-order valence-electron chi connectivity index (χ2n) is 8.74. The number of thiocarbonyl (C=S) groups is 1. The summed E-state index contributed by atoms with van der Waals surface area (Å²) in [7, 11) is 1.80. The molecule has 2 saturated heterocycles. The van der Waals surface area contributed by atoms with Gasteiger partial charge in [-0.3, -0.25) is 14.6 Å². The van der Waals surface area contributed by atoms with E-state index in [-0.39, 0.29) is 5.91 Å². The quantitative estimate of drug-likeness (QED) is 0.624. The maximum absolute atomic E-state index is 12.0. The van der Waals surface area contributed by atoms with E-state index in [2.05, 4.69) is 45.8 Å². The molecule has 2 fully saturated rings. The zero-order valence-corrected chi connectivity index (χ0v) is 17.8. The van der Waals surface area contributed by atoms with Crippen LogP contribution in [0, 0.1) is 5.92 Å². The Labute approximate surface area is 177 Å². The van der Waals surface area contributed by atoms with Crippen LogP contribution < -0.4 is 0 Å². The first kappa shape index (κ1) is 18.8. The summed E-state index contributed by atoms with van der Waals surface area (Å²) in [4.78, 5) is 21.9. The summed E-state index contributed by atoms with van der Waals surface area (Å²) in [5.41, 5.74) is 4.19. The molecule has 3 heterocycles. The van der Waals surface area contributed by atoms with E-state index < -0.39 is 0 Å². The Morgan fingerprint density at radius 3 is 3.07 bits per heavy atom. The smallest absolute Gasteiger partial charge is 0.230 e. The molecule has 3 atom stereocenters. The monoisotopic (exact) mass is 408 g/mol. The van der Waals surface area contributed by atoms with Crippen LogP contribution in [-0.4, -0.2) is 70.0 Å². The number of carbonyl (C=O) groups is 1. The number of rotatable bonds is 4. The Morgan fingerprint density at radius 1 is 1.38 bits per heavy atom. The van der Waals surface area contributed by atoms with E-state index in [1.54, 1.807) is 11.9 Å². The molecule has 3 aliphatic rings. The van der Waals surface area contributed by atoms with Crippen LogP contribution in [0.3, 0.4) is 0 Å². The number of aromatic nitrogens is 1. The van der Waals surface area contributed by atoms with Crippen molar-refractivity contribution in [2.75, 3.05) is 33.2 Å². The lowest BCUT2D eigenvalue weighted by molar-refractivity contribution is -0.128. The first-order valence-corrected chi connectivity index (χ1v) is 11.0. The molecule has 0 bridgehead atoms. The Balaban J connectivity index is 1.43. The molecule has 1 N–H and O–H groups in total. The van der Waals surface area contributed by atoms with Crippen molar-refractivity contribution >= 4 is 34.1 Å². The summed E-state index contributed by atoms with van der Waals surface area (Å²) in [6.45, 7) is 7.64. The highest BCUT2D eigenvalue weighted by molar-refractivity contribution is 7.80. The molecular weight excluding hydrogens is 380 g/mol. The van der Waals surface area contributed by atoms with Crippen molar-refractivity contribution in [3.63, 3.8) is 0 Å². The fourth-order valence-electron chi connectivity index (χ4n) is 5.70. The predicted octanol–water partition coefficient (Wildman–Crippen LogP) is 3.13. The van der Waals surface area contributed by atoms with Gasteiger partial charge in [-0.15, -0.1) is 6.58 Å². The molecule has 6 heteroatoms. The number of fused-ring (bicyclic) bond motifs is 2. The van der Waals surface area contributed by atoms with Crippen LogP contribution in [0.1, 0.15) is 29.9 Å². The predicted molar refractivity (Wildman–Crippen MR) is 120 cm³/mol. The molecule has 1 aromatic heterocycles. The molecule has 0 spiro atoms. The van der Waals surface area contributed by atoms with Gasteiger partial charge < -0.3 is 9.88 Å². The fraction of sp³-hybridized carbons (Fsp3) is 0.478. The van der Waals surface area contributed by atoms with Gasteiger partial charge in [0.15, 0.2) is 5.11 Å². The minimum absolute atomic E-state index is 0.127. The van der Waals surface area contributed by atoms with E-state index in [0.29, 0.717) is 29.4 Å². The van der Waals surface area contributed by atoms with Gasteiger partial charge in [-0.1, -0.05) is 18.2 Å². The van der Waals surface area contributed by atoms with Crippen molar-refractivity contribution in [3.05, 3.63) is 48.2 Å². The number of likely N-dealkylation sites (tertiary alicyclic amines) is 1. The van der Waals surface area contributed by atoms with E-state index in [4.69, 9.17) is 12.2 Å². The topological polar surface area (TPSA) is 42.6 Å². The molecule has 5 rings (SSSR count). The molecule has 2 aromatic rings. The highest BCUT2D eigenvalue weighted by Gasteiger charge is 2.41.